The van der Waals surface area contributed by atoms with Gasteiger partial charge in [-0.15, -0.1) is 0 Å². The lowest BCUT2D eigenvalue weighted by Crippen LogP contribution is -2.43. The number of amides is 4. The average molecular weight is 885 g/mol. The predicted octanol–water partition coefficient (Wildman–Crippen LogP) is 9.46. The number of rotatable bonds is 17. The minimum atomic E-state index is -0.579. The number of benzene rings is 5. The second-order valence-electron chi connectivity index (χ2n) is 18.0. The van der Waals surface area contributed by atoms with E-state index in [0.29, 0.717) is 70.3 Å². The molecule has 0 N–H and O–H groups in total. The monoisotopic (exact) mass is 884 g/mol. The van der Waals surface area contributed by atoms with Crippen LogP contribution < -0.4 is 27.1 Å². The maximum atomic E-state index is 14.3. The molecule has 0 atom stereocenters. The highest BCUT2D eigenvalue weighted by atomic mass is 16.2. The van der Waals surface area contributed by atoms with Crippen LogP contribution in [0.5, 0.6) is 0 Å². The van der Waals surface area contributed by atoms with Gasteiger partial charge in [0.25, 0.3) is 45.9 Å². The third kappa shape index (κ3) is 7.23. The van der Waals surface area contributed by atoms with Gasteiger partial charge in [0.2, 0.25) is 0 Å². The van der Waals surface area contributed by atoms with Crippen molar-refractivity contribution >= 4 is 61.6 Å². The van der Waals surface area contributed by atoms with Gasteiger partial charge in [-0.3, -0.25) is 47.8 Å². The molecule has 0 radical (unpaired) electrons. The van der Waals surface area contributed by atoms with Crippen LogP contribution in [0.25, 0.3) is 49.1 Å². The maximum absolute atomic E-state index is 14.3. The highest BCUT2D eigenvalue weighted by Crippen LogP contribution is 2.40. The minimum absolute atomic E-state index is 0.0770. The highest BCUT2D eigenvalue weighted by molar-refractivity contribution is 6.39. The number of aryl methyl sites for hydroxylation is 2. The number of carbonyl (C=O) groups is 4. The van der Waals surface area contributed by atoms with Gasteiger partial charge in [-0.1, -0.05) is 90.2 Å². The van der Waals surface area contributed by atoms with Gasteiger partial charge in [0.1, 0.15) is 0 Å². The Morgan fingerprint density at radius 2 is 0.788 bits per heavy atom. The Kier molecular flexibility index (Phi) is 11.8. The van der Waals surface area contributed by atoms with E-state index in [4.69, 9.17) is 0 Å². The lowest BCUT2D eigenvalue weighted by Gasteiger charge is -2.32. The van der Waals surface area contributed by atoms with Crippen LogP contribution in [0.1, 0.15) is 143 Å². The quantitative estimate of drug-likeness (QED) is 0.0648. The fourth-order valence-electron chi connectivity index (χ4n) is 10.1. The standard InChI is InChI=1S/C54H52N4O8/c1-5-7-9-11-13-15-25-55-47(59)35-19-21-37-46-38(22-20-36(45(35)46)48(55)60)52(64)57(51(37)63)43-23-17-33(27-31(43)3)34-18-24-44(32(4)28-34)58-53(65)41-29-39-40(30-42(41)54(58)66)50(62)56(49(39)61)26-16-14-12-10-8-6-2/h17-24,27-30H,5-16,25-26H2,1-4H3. The Labute approximate surface area is 380 Å². The number of hydrogen-bond donors (Lipinski definition) is 0. The number of imide groups is 2. The van der Waals surface area contributed by atoms with E-state index < -0.39 is 45.9 Å². The molecule has 0 bridgehead atoms. The molecule has 0 saturated carbocycles. The second-order valence-corrected chi connectivity index (χ2v) is 18.0. The smallest absolute Gasteiger partial charge is 0.266 e. The van der Waals surface area contributed by atoms with E-state index in [2.05, 4.69) is 13.8 Å². The summed E-state index contributed by atoms with van der Waals surface area (Å²) in [5.41, 5.74) is 2.49. The molecule has 0 spiro atoms. The van der Waals surface area contributed by atoms with E-state index in [9.17, 15) is 38.4 Å². The molecule has 7 aromatic rings. The van der Waals surface area contributed by atoms with E-state index in [1.807, 2.05) is 12.1 Å². The second kappa shape index (κ2) is 17.7. The fourth-order valence-corrected chi connectivity index (χ4v) is 10.1. The fraction of sp³-hybridized carbons (Fsp3) is 0.333. The van der Waals surface area contributed by atoms with Crippen molar-refractivity contribution < 1.29 is 19.2 Å². The first kappa shape index (κ1) is 44.1. The molecule has 0 aliphatic carbocycles. The summed E-state index contributed by atoms with van der Waals surface area (Å²) >= 11 is 0. The highest BCUT2D eigenvalue weighted by Gasteiger charge is 2.40. The summed E-state index contributed by atoms with van der Waals surface area (Å²) < 4.78 is 2.29. The van der Waals surface area contributed by atoms with Crippen molar-refractivity contribution in [2.24, 2.45) is 0 Å². The van der Waals surface area contributed by atoms with E-state index in [0.717, 1.165) is 84.8 Å². The molecule has 336 valence electrons. The van der Waals surface area contributed by atoms with Crippen LogP contribution in [-0.2, 0) is 6.54 Å². The van der Waals surface area contributed by atoms with Crippen LogP contribution in [0.15, 0.2) is 92.0 Å². The van der Waals surface area contributed by atoms with Crippen LogP contribution in [0.2, 0.25) is 0 Å². The van der Waals surface area contributed by atoms with Gasteiger partial charge in [-0.25, -0.2) is 9.47 Å². The number of unbranched alkanes of at least 4 members (excludes halogenated alkanes) is 10. The number of nitrogens with zero attached hydrogens (tertiary/aromatic N) is 4. The topological polar surface area (TPSA) is 153 Å². The van der Waals surface area contributed by atoms with Crippen LogP contribution in [0, 0.1) is 13.8 Å². The number of hydrogen-bond acceptors (Lipinski definition) is 8. The molecule has 2 aromatic heterocycles. The van der Waals surface area contributed by atoms with Crippen molar-refractivity contribution in [3.8, 4) is 16.8 Å². The van der Waals surface area contributed by atoms with E-state index in [1.165, 1.54) is 21.6 Å². The summed E-state index contributed by atoms with van der Waals surface area (Å²) in [6.45, 7) is 8.47. The Balaban J connectivity index is 0.966. The molecule has 4 heterocycles. The Bertz CT molecular complexity index is 3250. The van der Waals surface area contributed by atoms with Crippen molar-refractivity contribution in [3.63, 3.8) is 0 Å². The zero-order chi connectivity index (χ0) is 46.6. The number of anilines is 1. The van der Waals surface area contributed by atoms with Crippen LogP contribution in [0.4, 0.5) is 5.69 Å². The van der Waals surface area contributed by atoms with Gasteiger partial charge in [-0.2, -0.15) is 0 Å². The minimum Gasteiger partial charge on any atom is -0.274 e. The van der Waals surface area contributed by atoms with E-state index in [1.54, 1.807) is 62.4 Å². The number of fused-ring (bicyclic) bond motifs is 2. The first-order valence-electron chi connectivity index (χ1n) is 23.4. The summed E-state index contributed by atoms with van der Waals surface area (Å²) in [7, 11) is 0. The Morgan fingerprint density at radius 3 is 1.24 bits per heavy atom. The summed E-state index contributed by atoms with van der Waals surface area (Å²) in [6.07, 6.45) is 12.1. The molecule has 12 heteroatoms. The zero-order valence-corrected chi connectivity index (χ0v) is 37.9. The van der Waals surface area contributed by atoms with E-state index >= 15 is 0 Å². The SMILES string of the molecule is CCCCCCCCN1C(=O)c2ccc3c4c(ccc(c24)C1=O)C(=O)N(c1ccc(-c2ccc(-n4c(=O)c5cc6c(=O)n(CCCCCCCC)c(=O)c6cc5c4=O)c(C)c2)cc1C)C3=O. The maximum Gasteiger partial charge on any atom is 0.266 e. The molecule has 66 heavy (non-hydrogen) atoms. The van der Waals surface area contributed by atoms with Crippen LogP contribution in [0.3, 0.4) is 0 Å². The van der Waals surface area contributed by atoms with Crippen molar-refractivity contribution in [2.75, 3.05) is 11.4 Å². The number of aromatic nitrogens is 2. The molecule has 0 saturated heterocycles. The molecule has 0 fully saturated rings. The van der Waals surface area contributed by atoms with Gasteiger partial charge >= 0.3 is 0 Å². The first-order valence-corrected chi connectivity index (χ1v) is 23.4. The summed E-state index contributed by atoms with van der Waals surface area (Å²) in [5, 5.41) is 1.08. The van der Waals surface area contributed by atoms with Gasteiger partial charge in [0.15, 0.2) is 0 Å². The Morgan fingerprint density at radius 1 is 0.394 bits per heavy atom. The van der Waals surface area contributed by atoms with Crippen molar-refractivity contribution in [2.45, 2.75) is 111 Å². The van der Waals surface area contributed by atoms with Gasteiger partial charge in [0.05, 0.1) is 32.9 Å². The normalized spacial score (nSPS) is 13.7. The average Bonchev–Trinajstić information content (AvgIpc) is 3.69. The van der Waals surface area contributed by atoms with Crippen molar-refractivity contribution in [1.29, 1.82) is 0 Å². The third-order valence-electron chi connectivity index (χ3n) is 13.6. The molecule has 0 unspecified atom stereocenters. The van der Waals surface area contributed by atoms with Gasteiger partial charge in [0, 0.05) is 46.1 Å². The molecule has 12 nitrogen and oxygen atoms in total. The molecule has 4 amide bonds. The molecule has 2 aliphatic rings. The molecule has 5 aromatic carbocycles. The van der Waals surface area contributed by atoms with Crippen LogP contribution >= 0.6 is 0 Å². The van der Waals surface area contributed by atoms with Crippen LogP contribution in [-0.4, -0.2) is 44.2 Å². The van der Waals surface area contributed by atoms with Crippen molar-refractivity contribution in [1.82, 2.24) is 14.0 Å². The Hall–Kier alpha value is -7.08. The lowest BCUT2D eigenvalue weighted by molar-refractivity contribution is 0.0606. The summed E-state index contributed by atoms with van der Waals surface area (Å²) in [5.74, 6) is -1.97. The van der Waals surface area contributed by atoms with Crippen molar-refractivity contribution in [3.05, 3.63) is 148 Å². The molecular formula is C54H52N4O8. The summed E-state index contributed by atoms with van der Waals surface area (Å²) in [4.78, 5) is 113. The molecule has 9 rings (SSSR count). The predicted molar refractivity (Wildman–Crippen MR) is 258 cm³/mol. The van der Waals surface area contributed by atoms with E-state index in [-0.39, 0.29) is 32.7 Å². The molecular weight excluding hydrogens is 833 g/mol. The molecule has 2 aliphatic heterocycles. The summed E-state index contributed by atoms with van der Waals surface area (Å²) in [6, 6.07) is 19.7. The zero-order valence-electron chi connectivity index (χ0n) is 37.9. The first-order chi connectivity index (χ1) is 31.9. The lowest BCUT2D eigenvalue weighted by atomic mass is 9.85. The largest absolute Gasteiger partial charge is 0.274 e. The third-order valence-corrected chi connectivity index (χ3v) is 13.6. The van der Waals surface area contributed by atoms with Gasteiger partial charge in [-0.05, 0) is 110 Å². The van der Waals surface area contributed by atoms with Gasteiger partial charge < -0.3 is 0 Å². The number of carbonyl (C=O) groups excluding carboxylic acids is 4.